The number of anilines is 1. The van der Waals surface area contributed by atoms with E-state index in [2.05, 4.69) is 10.4 Å². The first kappa shape index (κ1) is 19.6. The highest BCUT2D eigenvalue weighted by molar-refractivity contribution is 7.18. The maximum Gasteiger partial charge on any atom is 0.348 e. The molecule has 0 aliphatic carbocycles. The van der Waals surface area contributed by atoms with E-state index in [0.717, 1.165) is 17.0 Å². The van der Waals surface area contributed by atoms with Crippen LogP contribution in [-0.4, -0.2) is 40.8 Å². The molecule has 0 fully saturated rings. The number of nitrogens with one attached hydrogen (secondary N) is 1. The summed E-state index contributed by atoms with van der Waals surface area (Å²) in [7, 11) is 0. The number of nitrogens with zero attached hydrogens (tertiary/aromatic N) is 2. The summed E-state index contributed by atoms with van der Waals surface area (Å²) in [6.07, 6.45) is 1.69. The van der Waals surface area contributed by atoms with Gasteiger partial charge in [0.25, 0.3) is 0 Å². The Bertz CT molecular complexity index is 824. The molecule has 8 nitrogen and oxygen atoms in total. The maximum absolute atomic E-state index is 12.3. The molecule has 2 heterocycles. The van der Waals surface area contributed by atoms with Crippen molar-refractivity contribution in [3.05, 3.63) is 34.0 Å². The van der Waals surface area contributed by atoms with Crippen LogP contribution in [0.5, 0.6) is 0 Å². The van der Waals surface area contributed by atoms with Crippen LogP contribution >= 0.6 is 11.3 Å². The van der Waals surface area contributed by atoms with Crippen molar-refractivity contribution in [3.8, 4) is 0 Å². The summed E-state index contributed by atoms with van der Waals surface area (Å²) in [6.45, 7) is 7.21. The Kier molecular flexibility index (Phi) is 6.51. The number of carbonyl (C=O) groups is 3. The predicted octanol–water partition coefficient (Wildman–Crippen LogP) is 2.55. The van der Waals surface area contributed by atoms with Crippen molar-refractivity contribution in [1.82, 2.24) is 9.78 Å². The fraction of sp³-hybridized carbons (Fsp3) is 0.412. The summed E-state index contributed by atoms with van der Waals surface area (Å²) < 4.78 is 11.6. The summed E-state index contributed by atoms with van der Waals surface area (Å²) in [5, 5.41) is 7.09. The minimum absolute atomic E-state index is 0.0121. The van der Waals surface area contributed by atoms with Crippen LogP contribution in [0.15, 0.2) is 12.3 Å². The van der Waals surface area contributed by atoms with Crippen molar-refractivity contribution in [2.75, 3.05) is 18.5 Å². The Morgan fingerprint density at radius 3 is 2.38 bits per heavy atom. The van der Waals surface area contributed by atoms with Gasteiger partial charge < -0.3 is 14.8 Å². The number of ether oxygens (including phenoxy) is 2. The molecule has 9 heteroatoms. The number of aryl methyl sites for hydroxylation is 1. The van der Waals surface area contributed by atoms with E-state index in [-0.39, 0.29) is 41.1 Å². The van der Waals surface area contributed by atoms with Gasteiger partial charge in [0.1, 0.15) is 16.4 Å². The Morgan fingerprint density at radius 1 is 1.15 bits per heavy atom. The van der Waals surface area contributed by atoms with Gasteiger partial charge >= 0.3 is 11.9 Å². The van der Waals surface area contributed by atoms with E-state index < -0.39 is 11.9 Å². The van der Waals surface area contributed by atoms with Gasteiger partial charge in [-0.3, -0.25) is 9.48 Å². The van der Waals surface area contributed by atoms with Crippen LogP contribution in [0, 0.1) is 13.8 Å². The number of rotatable bonds is 7. The second kappa shape index (κ2) is 8.61. The molecule has 0 radical (unpaired) electrons. The number of carbonyl (C=O) groups excluding carboxylic acids is 3. The van der Waals surface area contributed by atoms with Crippen LogP contribution in [-0.2, 0) is 20.8 Å². The third-order valence-corrected chi connectivity index (χ3v) is 4.61. The van der Waals surface area contributed by atoms with Gasteiger partial charge in [0.2, 0.25) is 5.91 Å². The fourth-order valence-corrected chi connectivity index (χ4v) is 3.41. The normalized spacial score (nSPS) is 10.5. The Balaban J connectivity index is 2.29. The standard InChI is InChI=1S/C17H21N3O5S/c1-5-24-16(22)13-11(4)14(17(23)25-6-2)26-15(13)18-12(21)9-20-8-7-10(3)19-20/h7-8H,5-6,9H2,1-4H3,(H,18,21). The largest absolute Gasteiger partial charge is 0.462 e. The molecule has 140 valence electrons. The summed E-state index contributed by atoms with van der Waals surface area (Å²) in [5.41, 5.74) is 1.39. The van der Waals surface area contributed by atoms with Gasteiger partial charge in [-0.1, -0.05) is 0 Å². The van der Waals surface area contributed by atoms with Gasteiger partial charge in [-0.05, 0) is 39.3 Å². The molecule has 0 aliphatic rings. The summed E-state index contributed by atoms with van der Waals surface area (Å²) in [4.78, 5) is 37.0. The first-order valence-corrected chi connectivity index (χ1v) is 8.96. The average Bonchev–Trinajstić information content (AvgIpc) is 3.11. The average molecular weight is 379 g/mol. The molecule has 2 rings (SSSR count). The molecule has 1 amide bonds. The Labute approximate surface area is 155 Å². The lowest BCUT2D eigenvalue weighted by molar-refractivity contribution is -0.116. The molecule has 0 aromatic carbocycles. The predicted molar refractivity (Wildman–Crippen MR) is 96.6 cm³/mol. The number of thiophene rings is 1. The van der Waals surface area contributed by atoms with Crippen molar-refractivity contribution < 1.29 is 23.9 Å². The first-order chi connectivity index (χ1) is 12.4. The number of hydrogen-bond donors (Lipinski definition) is 1. The quantitative estimate of drug-likeness (QED) is 0.742. The van der Waals surface area contributed by atoms with Gasteiger partial charge in [-0.15, -0.1) is 11.3 Å². The molecule has 1 N–H and O–H groups in total. The van der Waals surface area contributed by atoms with Gasteiger partial charge in [-0.25, -0.2) is 9.59 Å². The van der Waals surface area contributed by atoms with Crippen molar-refractivity contribution >= 4 is 34.2 Å². The van der Waals surface area contributed by atoms with Crippen LogP contribution in [0.4, 0.5) is 5.00 Å². The van der Waals surface area contributed by atoms with Crippen molar-refractivity contribution in [2.24, 2.45) is 0 Å². The molecule has 0 saturated carbocycles. The van der Waals surface area contributed by atoms with Crippen LogP contribution < -0.4 is 5.32 Å². The molecule has 0 spiro atoms. The highest BCUT2D eigenvalue weighted by atomic mass is 32.1. The number of aromatic nitrogens is 2. The minimum atomic E-state index is -0.595. The molecule has 26 heavy (non-hydrogen) atoms. The lowest BCUT2D eigenvalue weighted by atomic mass is 10.1. The van der Waals surface area contributed by atoms with Crippen molar-refractivity contribution in [1.29, 1.82) is 0 Å². The SMILES string of the molecule is CCOC(=O)c1sc(NC(=O)Cn2ccc(C)n2)c(C(=O)OCC)c1C. The first-order valence-electron chi connectivity index (χ1n) is 8.14. The van der Waals surface area contributed by atoms with Crippen molar-refractivity contribution in [2.45, 2.75) is 34.2 Å². The lowest BCUT2D eigenvalue weighted by Gasteiger charge is -2.07. The minimum Gasteiger partial charge on any atom is -0.462 e. The molecule has 0 unspecified atom stereocenters. The third kappa shape index (κ3) is 4.48. The van der Waals surface area contributed by atoms with E-state index in [9.17, 15) is 14.4 Å². The zero-order valence-corrected chi connectivity index (χ0v) is 15.9. The molecule has 2 aromatic rings. The van der Waals surface area contributed by atoms with Gasteiger partial charge in [-0.2, -0.15) is 5.10 Å². The monoisotopic (exact) mass is 379 g/mol. The summed E-state index contributed by atoms with van der Waals surface area (Å²) in [6, 6.07) is 1.78. The third-order valence-electron chi connectivity index (χ3n) is 3.42. The van der Waals surface area contributed by atoms with E-state index in [1.54, 1.807) is 33.0 Å². The second-order valence-electron chi connectivity index (χ2n) is 5.40. The number of hydrogen-bond acceptors (Lipinski definition) is 7. The highest BCUT2D eigenvalue weighted by Gasteiger charge is 2.27. The second-order valence-corrected chi connectivity index (χ2v) is 6.42. The molecule has 0 saturated heterocycles. The van der Waals surface area contributed by atoms with E-state index in [0.29, 0.717) is 5.56 Å². The summed E-state index contributed by atoms with van der Waals surface area (Å²) in [5.74, 6) is -1.50. The van der Waals surface area contributed by atoms with E-state index in [4.69, 9.17) is 9.47 Å². The molecule has 2 aromatic heterocycles. The van der Waals surface area contributed by atoms with Crippen LogP contribution in [0.2, 0.25) is 0 Å². The molecular weight excluding hydrogens is 358 g/mol. The zero-order valence-electron chi connectivity index (χ0n) is 15.1. The van der Waals surface area contributed by atoms with Gasteiger partial charge in [0, 0.05) is 6.20 Å². The smallest absolute Gasteiger partial charge is 0.348 e. The van der Waals surface area contributed by atoms with Crippen LogP contribution in [0.3, 0.4) is 0 Å². The van der Waals surface area contributed by atoms with E-state index >= 15 is 0 Å². The van der Waals surface area contributed by atoms with E-state index in [1.165, 1.54) is 4.68 Å². The van der Waals surface area contributed by atoms with E-state index in [1.807, 2.05) is 6.92 Å². The lowest BCUT2D eigenvalue weighted by Crippen LogP contribution is -2.20. The maximum atomic E-state index is 12.3. The molecule has 0 bridgehead atoms. The summed E-state index contributed by atoms with van der Waals surface area (Å²) >= 11 is 0.995. The molecule has 0 atom stereocenters. The molecule has 0 aliphatic heterocycles. The number of esters is 2. The van der Waals surface area contributed by atoms with Crippen LogP contribution in [0.25, 0.3) is 0 Å². The fourth-order valence-electron chi connectivity index (χ4n) is 2.31. The molecular formula is C17H21N3O5S. The Morgan fingerprint density at radius 2 is 1.81 bits per heavy atom. The zero-order chi connectivity index (χ0) is 19.3. The van der Waals surface area contributed by atoms with Gasteiger partial charge in [0.15, 0.2) is 0 Å². The Hall–Kier alpha value is -2.68. The number of amides is 1. The highest BCUT2D eigenvalue weighted by Crippen LogP contribution is 2.34. The topological polar surface area (TPSA) is 99.5 Å². The van der Waals surface area contributed by atoms with Gasteiger partial charge in [0.05, 0.1) is 24.5 Å². The van der Waals surface area contributed by atoms with Crippen molar-refractivity contribution in [3.63, 3.8) is 0 Å². The van der Waals surface area contributed by atoms with Crippen LogP contribution in [0.1, 0.15) is 45.1 Å².